The van der Waals surface area contributed by atoms with Crippen molar-refractivity contribution in [1.29, 1.82) is 0 Å². The summed E-state index contributed by atoms with van der Waals surface area (Å²) < 4.78 is 43.1. The number of hydrogen-bond donors (Lipinski definition) is 1. The summed E-state index contributed by atoms with van der Waals surface area (Å²) >= 11 is 0. The summed E-state index contributed by atoms with van der Waals surface area (Å²) in [5.74, 6) is 1.80. The number of rotatable bonds is 4. The topological polar surface area (TPSA) is 79.6 Å². The molecule has 108 valence electrons. The summed E-state index contributed by atoms with van der Waals surface area (Å²) in [6.07, 6.45) is 0. The van der Waals surface area contributed by atoms with Gasteiger partial charge in [0.1, 0.15) is 16.4 Å². The smallest absolute Gasteiger partial charge is 0.246 e. The van der Waals surface area contributed by atoms with Crippen molar-refractivity contribution in [2.75, 3.05) is 31.6 Å². The zero-order valence-corrected chi connectivity index (χ0v) is 12.6. The number of sulfonamides is 1. The fourth-order valence-corrected chi connectivity index (χ4v) is 4.95. The van der Waals surface area contributed by atoms with E-state index in [1.165, 1.54) is 4.31 Å². The fraction of sp³-hybridized carbons (Fsp3) is 0.636. The van der Waals surface area contributed by atoms with Gasteiger partial charge in [0.15, 0.2) is 0 Å². The second kappa shape index (κ2) is 5.74. The van der Waals surface area contributed by atoms with Crippen LogP contribution >= 0.6 is 0 Å². The van der Waals surface area contributed by atoms with E-state index in [1.54, 1.807) is 20.0 Å². The molecule has 2 rings (SSSR count). The van der Waals surface area contributed by atoms with E-state index in [0.29, 0.717) is 42.7 Å². The van der Waals surface area contributed by atoms with Crippen molar-refractivity contribution >= 4 is 20.8 Å². The maximum atomic E-state index is 12.5. The Morgan fingerprint density at radius 2 is 2.05 bits per heavy atom. The molecule has 1 saturated heterocycles. The first kappa shape index (κ1) is 14.7. The summed E-state index contributed by atoms with van der Waals surface area (Å²) in [6, 6.07) is 1.56. The van der Waals surface area contributed by atoms with Crippen molar-refractivity contribution in [2.24, 2.45) is 0 Å². The second-order valence-electron chi connectivity index (χ2n) is 4.42. The van der Waals surface area contributed by atoms with E-state index < -0.39 is 20.8 Å². The molecule has 19 heavy (non-hydrogen) atoms. The zero-order chi connectivity index (χ0) is 14.0. The van der Waals surface area contributed by atoms with Crippen LogP contribution in [0.25, 0.3) is 0 Å². The molecule has 0 bridgehead atoms. The Hall–Kier alpha value is -0.700. The van der Waals surface area contributed by atoms with Crippen LogP contribution in [0.4, 0.5) is 0 Å². The second-order valence-corrected chi connectivity index (χ2v) is 8.02. The molecule has 0 aliphatic carbocycles. The predicted molar refractivity (Wildman–Crippen MR) is 72.8 cm³/mol. The molecule has 1 aromatic rings. The largest absolute Gasteiger partial charge is 0.464 e. The Labute approximate surface area is 115 Å². The summed E-state index contributed by atoms with van der Waals surface area (Å²) in [5.41, 5.74) is 0. The van der Waals surface area contributed by atoms with Crippen molar-refractivity contribution in [1.82, 2.24) is 9.62 Å². The first-order valence-electron chi connectivity index (χ1n) is 6.04. The Morgan fingerprint density at radius 1 is 1.42 bits per heavy atom. The minimum absolute atomic E-state index is 0.213. The molecule has 6 nitrogen and oxygen atoms in total. The Morgan fingerprint density at radius 3 is 2.63 bits per heavy atom. The van der Waals surface area contributed by atoms with Gasteiger partial charge in [0.25, 0.3) is 0 Å². The lowest BCUT2D eigenvalue weighted by molar-refractivity contribution is 0.433. The van der Waals surface area contributed by atoms with Gasteiger partial charge in [-0.05, 0) is 14.0 Å². The zero-order valence-electron chi connectivity index (χ0n) is 11.0. The highest BCUT2D eigenvalue weighted by atomic mass is 32.2. The van der Waals surface area contributed by atoms with E-state index in [9.17, 15) is 12.6 Å². The fourth-order valence-electron chi connectivity index (χ4n) is 2.04. The molecule has 8 heteroatoms. The van der Waals surface area contributed by atoms with Gasteiger partial charge in [-0.1, -0.05) is 0 Å². The number of aryl methyl sites for hydroxylation is 1. The van der Waals surface area contributed by atoms with E-state index in [0.717, 1.165) is 0 Å². The summed E-state index contributed by atoms with van der Waals surface area (Å²) in [5, 5.41) is 2.92. The monoisotopic (exact) mass is 306 g/mol. The highest BCUT2D eigenvalue weighted by Gasteiger charge is 2.31. The minimum atomic E-state index is -3.54. The molecule has 0 radical (unpaired) electrons. The van der Waals surface area contributed by atoms with E-state index >= 15 is 0 Å². The van der Waals surface area contributed by atoms with E-state index in [4.69, 9.17) is 4.42 Å². The van der Waals surface area contributed by atoms with Crippen molar-refractivity contribution in [3.63, 3.8) is 0 Å². The molecule has 0 unspecified atom stereocenters. The van der Waals surface area contributed by atoms with Crippen molar-refractivity contribution in [2.45, 2.75) is 18.4 Å². The maximum Gasteiger partial charge on any atom is 0.246 e. The molecule has 1 N–H and O–H groups in total. The lowest BCUT2D eigenvalue weighted by Crippen LogP contribution is -2.41. The third kappa shape index (κ3) is 3.07. The van der Waals surface area contributed by atoms with Gasteiger partial charge in [-0.15, -0.1) is 0 Å². The third-order valence-electron chi connectivity index (χ3n) is 3.03. The summed E-state index contributed by atoms with van der Waals surface area (Å²) in [7, 11) is -2.66. The van der Waals surface area contributed by atoms with Gasteiger partial charge < -0.3 is 9.73 Å². The van der Waals surface area contributed by atoms with Crippen LogP contribution in [-0.2, 0) is 27.4 Å². The van der Waals surface area contributed by atoms with Crippen LogP contribution < -0.4 is 5.32 Å². The molecule has 0 amide bonds. The normalized spacial score (nSPS) is 18.8. The van der Waals surface area contributed by atoms with Gasteiger partial charge in [0, 0.05) is 41.5 Å². The Bertz CT molecular complexity index is 570. The van der Waals surface area contributed by atoms with Crippen LogP contribution in [0.3, 0.4) is 0 Å². The van der Waals surface area contributed by atoms with Crippen LogP contribution in [0.15, 0.2) is 15.4 Å². The molecule has 0 spiro atoms. The molecule has 0 saturated carbocycles. The summed E-state index contributed by atoms with van der Waals surface area (Å²) in [4.78, 5) is 0.213. The standard InChI is InChI=1S/C11H18N2O4S2/c1-9-11(7-10(17-9)8-12-2)19(15,16)13-3-5-18(14)6-4-13/h7,12H,3-6,8H2,1-2H3. The minimum Gasteiger partial charge on any atom is -0.464 e. The Kier molecular flexibility index (Phi) is 4.44. The molecule has 1 aromatic heterocycles. The van der Waals surface area contributed by atoms with E-state index in [-0.39, 0.29) is 4.90 Å². The highest BCUT2D eigenvalue weighted by molar-refractivity contribution is 7.89. The van der Waals surface area contributed by atoms with Crippen LogP contribution in [0.2, 0.25) is 0 Å². The van der Waals surface area contributed by atoms with Crippen molar-refractivity contribution in [3.8, 4) is 0 Å². The number of nitrogens with one attached hydrogen (secondary N) is 1. The molecular formula is C11H18N2O4S2. The molecular weight excluding hydrogens is 288 g/mol. The average molecular weight is 306 g/mol. The number of hydrogen-bond acceptors (Lipinski definition) is 5. The van der Waals surface area contributed by atoms with Crippen LogP contribution in [0, 0.1) is 6.92 Å². The van der Waals surface area contributed by atoms with Gasteiger partial charge in [-0.3, -0.25) is 4.21 Å². The number of furan rings is 1. The molecule has 1 aliphatic heterocycles. The van der Waals surface area contributed by atoms with Crippen molar-refractivity contribution in [3.05, 3.63) is 17.6 Å². The van der Waals surface area contributed by atoms with Gasteiger partial charge in [0.2, 0.25) is 10.0 Å². The van der Waals surface area contributed by atoms with Crippen LogP contribution in [-0.4, -0.2) is 48.6 Å². The first-order valence-corrected chi connectivity index (χ1v) is 8.97. The highest BCUT2D eigenvalue weighted by Crippen LogP contribution is 2.24. The van der Waals surface area contributed by atoms with Crippen LogP contribution in [0.1, 0.15) is 11.5 Å². The average Bonchev–Trinajstić information content (AvgIpc) is 2.72. The lowest BCUT2D eigenvalue weighted by atomic mass is 10.4. The van der Waals surface area contributed by atoms with Gasteiger partial charge in [-0.25, -0.2) is 8.42 Å². The van der Waals surface area contributed by atoms with Gasteiger partial charge in [0.05, 0.1) is 6.54 Å². The lowest BCUT2D eigenvalue weighted by Gasteiger charge is -2.25. The predicted octanol–water partition coefficient (Wildman–Crippen LogP) is 0.0604. The first-order chi connectivity index (χ1) is 8.95. The summed E-state index contributed by atoms with van der Waals surface area (Å²) in [6.45, 7) is 2.75. The Balaban J connectivity index is 2.26. The third-order valence-corrected chi connectivity index (χ3v) is 6.31. The molecule has 0 atom stereocenters. The van der Waals surface area contributed by atoms with E-state index in [1.807, 2.05) is 0 Å². The van der Waals surface area contributed by atoms with Crippen LogP contribution in [0.5, 0.6) is 0 Å². The molecule has 2 heterocycles. The molecule has 0 aromatic carbocycles. The SMILES string of the molecule is CNCc1cc(S(=O)(=O)N2CCS(=O)CC2)c(C)o1. The molecule has 1 aliphatic rings. The van der Waals surface area contributed by atoms with E-state index in [2.05, 4.69) is 5.32 Å². The van der Waals surface area contributed by atoms with Gasteiger partial charge >= 0.3 is 0 Å². The quantitative estimate of drug-likeness (QED) is 0.851. The molecule has 1 fully saturated rings. The maximum absolute atomic E-state index is 12.5. The van der Waals surface area contributed by atoms with Gasteiger partial charge in [-0.2, -0.15) is 4.31 Å². The number of nitrogens with zero attached hydrogens (tertiary/aromatic N) is 1. The van der Waals surface area contributed by atoms with Crippen molar-refractivity contribution < 1.29 is 17.0 Å².